The van der Waals surface area contributed by atoms with E-state index in [1.54, 1.807) is 23.9 Å². The van der Waals surface area contributed by atoms with Crippen LogP contribution in [0, 0.1) is 0 Å². The maximum absolute atomic E-state index is 12.0. The van der Waals surface area contributed by atoms with Crippen LogP contribution in [0.1, 0.15) is 23.7 Å². The van der Waals surface area contributed by atoms with Crippen molar-refractivity contribution in [3.8, 4) is 0 Å². The van der Waals surface area contributed by atoms with Gasteiger partial charge >= 0.3 is 0 Å². The van der Waals surface area contributed by atoms with Gasteiger partial charge in [0, 0.05) is 15.8 Å². The summed E-state index contributed by atoms with van der Waals surface area (Å²) in [5.74, 6) is 1.07. The van der Waals surface area contributed by atoms with Crippen molar-refractivity contribution < 1.29 is 4.79 Å². The summed E-state index contributed by atoms with van der Waals surface area (Å²) in [7, 11) is 0. The lowest BCUT2D eigenvalue weighted by Crippen LogP contribution is -2.13. The molecule has 0 saturated carbocycles. The number of carbonyl (C=O) groups excluding carboxylic acids is 1. The van der Waals surface area contributed by atoms with Crippen LogP contribution in [0.2, 0.25) is 0 Å². The molecular formula is C13H14BrN3OS2. The van der Waals surface area contributed by atoms with Crippen molar-refractivity contribution in [3.05, 3.63) is 34.3 Å². The van der Waals surface area contributed by atoms with Crippen molar-refractivity contribution in [2.75, 3.05) is 17.6 Å². The molecule has 1 aromatic heterocycles. The van der Waals surface area contributed by atoms with Gasteiger partial charge in [-0.3, -0.25) is 4.79 Å². The molecular weight excluding hydrogens is 358 g/mol. The molecule has 0 aliphatic carbocycles. The third-order valence-corrected chi connectivity index (χ3v) is 5.15. The molecule has 0 saturated heterocycles. The van der Waals surface area contributed by atoms with Gasteiger partial charge in [0.1, 0.15) is 0 Å². The van der Waals surface area contributed by atoms with Crippen molar-refractivity contribution in [1.29, 1.82) is 0 Å². The minimum atomic E-state index is 0.0375. The molecule has 0 radical (unpaired) electrons. The predicted molar refractivity (Wildman–Crippen MR) is 87.9 cm³/mol. The molecule has 0 aliphatic rings. The van der Waals surface area contributed by atoms with Crippen molar-refractivity contribution >= 4 is 49.9 Å². The minimum Gasteiger partial charge on any atom is -0.353 e. The minimum absolute atomic E-state index is 0.0375. The normalized spacial score (nSPS) is 10.5. The molecule has 1 N–H and O–H groups in total. The molecule has 106 valence electrons. The fourth-order valence-corrected chi connectivity index (χ4v) is 3.36. The quantitative estimate of drug-likeness (QED) is 0.586. The Bertz CT molecular complexity index is 571. The Hall–Kier alpha value is -0.920. The molecule has 0 fully saturated rings. The highest BCUT2D eigenvalue weighted by atomic mass is 79.9. The lowest BCUT2D eigenvalue weighted by atomic mass is 10.1. The number of nitrogens with zero attached hydrogens (tertiary/aromatic N) is 2. The van der Waals surface area contributed by atoms with E-state index in [2.05, 4.69) is 38.4 Å². The third-order valence-electron chi connectivity index (χ3n) is 2.40. The van der Waals surface area contributed by atoms with Gasteiger partial charge in [0.15, 0.2) is 10.1 Å². The number of hydrogen-bond donors (Lipinski definition) is 1. The van der Waals surface area contributed by atoms with Crippen LogP contribution in [0.4, 0.5) is 5.13 Å². The smallest absolute Gasteiger partial charge is 0.206 e. The average Bonchev–Trinajstić information content (AvgIpc) is 2.91. The van der Waals surface area contributed by atoms with Crippen molar-refractivity contribution in [2.24, 2.45) is 0 Å². The number of Topliss-reactive ketones (excluding diaryl/α,β-unsaturated/α-hetero) is 1. The lowest BCUT2D eigenvalue weighted by Gasteiger charge is -2.01. The monoisotopic (exact) mass is 371 g/mol. The van der Waals surface area contributed by atoms with E-state index in [0.29, 0.717) is 10.7 Å². The molecule has 2 rings (SSSR count). The molecule has 0 aliphatic heterocycles. The number of benzene rings is 1. The first-order chi connectivity index (χ1) is 9.69. The number of thioether (sulfide) groups is 1. The van der Waals surface area contributed by atoms with Crippen LogP contribution in [0.5, 0.6) is 0 Å². The number of ketones is 1. The molecule has 0 bridgehead atoms. The van der Waals surface area contributed by atoms with Crippen LogP contribution in [-0.4, -0.2) is 28.3 Å². The number of rotatable bonds is 7. The second-order valence-electron chi connectivity index (χ2n) is 4.01. The van der Waals surface area contributed by atoms with E-state index in [0.717, 1.165) is 21.0 Å². The van der Waals surface area contributed by atoms with Gasteiger partial charge < -0.3 is 5.32 Å². The van der Waals surface area contributed by atoms with E-state index in [4.69, 9.17) is 0 Å². The lowest BCUT2D eigenvalue weighted by molar-refractivity contribution is 0.101. The standard InChI is InChI=1S/C13H14BrN3OS2/c1-2-7-19-13-17-16-12(20-13)15-8-11(18)9-3-5-10(14)6-4-9/h3-6H,2,7-8H2,1H3,(H,15,16). The molecule has 2 aromatic rings. The second-order valence-corrected chi connectivity index (χ2v) is 7.24. The summed E-state index contributed by atoms with van der Waals surface area (Å²) in [4.78, 5) is 12.0. The van der Waals surface area contributed by atoms with Gasteiger partial charge in [-0.25, -0.2) is 0 Å². The fraction of sp³-hybridized carbons (Fsp3) is 0.308. The first kappa shape index (κ1) is 15.5. The third kappa shape index (κ3) is 4.57. The van der Waals surface area contributed by atoms with Gasteiger partial charge in [0.25, 0.3) is 0 Å². The largest absolute Gasteiger partial charge is 0.353 e. The Kier molecular flexibility index (Phi) is 6.00. The first-order valence-electron chi connectivity index (χ1n) is 6.18. The molecule has 4 nitrogen and oxygen atoms in total. The molecule has 0 spiro atoms. The van der Waals surface area contributed by atoms with E-state index in [-0.39, 0.29) is 12.3 Å². The zero-order valence-corrected chi connectivity index (χ0v) is 14.1. The van der Waals surface area contributed by atoms with Gasteiger partial charge in [0.2, 0.25) is 5.13 Å². The van der Waals surface area contributed by atoms with Crippen LogP contribution in [0.3, 0.4) is 0 Å². The van der Waals surface area contributed by atoms with Crippen LogP contribution >= 0.6 is 39.0 Å². The molecule has 7 heteroatoms. The number of hydrogen-bond acceptors (Lipinski definition) is 6. The molecule has 0 amide bonds. The summed E-state index contributed by atoms with van der Waals surface area (Å²) >= 11 is 6.52. The van der Waals surface area contributed by atoms with Gasteiger partial charge in [-0.15, -0.1) is 10.2 Å². The first-order valence-corrected chi connectivity index (χ1v) is 8.77. The van der Waals surface area contributed by atoms with Crippen LogP contribution in [0.25, 0.3) is 0 Å². The summed E-state index contributed by atoms with van der Waals surface area (Å²) in [6.45, 7) is 2.36. The zero-order chi connectivity index (χ0) is 14.4. The van der Waals surface area contributed by atoms with E-state index < -0.39 is 0 Å². The van der Waals surface area contributed by atoms with E-state index in [1.165, 1.54) is 11.3 Å². The van der Waals surface area contributed by atoms with Crippen LogP contribution < -0.4 is 5.32 Å². The maximum atomic E-state index is 12.0. The van der Waals surface area contributed by atoms with Crippen LogP contribution in [-0.2, 0) is 0 Å². The van der Waals surface area contributed by atoms with Crippen molar-refractivity contribution in [3.63, 3.8) is 0 Å². The summed E-state index contributed by atoms with van der Waals surface area (Å²) in [5.41, 5.74) is 0.686. The predicted octanol–water partition coefficient (Wildman–Crippen LogP) is 4.10. The topological polar surface area (TPSA) is 54.9 Å². The maximum Gasteiger partial charge on any atom is 0.206 e. The number of nitrogens with one attached hydrogen (secondary N) is 1. The Labute approximate surface area is 134 Å². The molecule has 20 heavy (non-hydrogen) atoms. The van der Waals surface area contributed by atoms with Crippen molar-refractivity contribution in [1.82, 2.24) is 10.2 Å². The SMILES string of the molecule is CCCSc1nnc(NCC(=O)c2ccc(Br)cc2)s1. The molecule has 1 aromatic carbocycles. The molecule has 0 unspecified atom stereocenters. The fourth-order valence-electron chi connectivity index (χ4n) is 1.42. The number of carbonyl (C=O) groups is 1. The summed E-state index contributed by atoms with van der Waals surface area (Å²) in [6.07, 6.45) is 1.11. The average molecular weight is 372 g/mol. The summed E-state index contributed by atoms with van der Waals surface area (Å²) < 4.78 is 1.90. The van der Waals surface area contributed by atoms with Gasteiger partial charge in [-0.2, -0.15) is 0 Å². The summed E-state index contributed by atoms with van der Waals surface area (Å²) in [5, 5.41) is 11.8. The Morgan fingerprint density at radius 3 is 2.80 bits per heavy atom. The van der Waals surface area contributed by atoms with E-state index >= 15 is 0 Å². The zero-order valence-electron chi connectivity index (χ0n) is 10.9. The Morgan fingerprint density at radius 1 is 1.35 bits per heavy atom. The van der Waals surface area contributed by atoms with Crippen molar-refractivity contribution in [2.45, 2.75) is 17.7 Å². The van der Waals surface area contributed by atoms with Gasteiger partial charge in [-0.05, 0) is 18.6 Å². The number of anilines is 1. The van der Waals surface area contributed by atoms with E-state index in [1.807, 2.05) is 12.1 Å². The van der Waals surface area contributed by atoms with Crippen LogP contribution in [0.15, 0.2) is 33.1 Å². The van der Waals surface area contributed by atoms with E-state index in [9.17, 15) is 4.79 Å². The second kappa shape index (κ2) is 7.75. The highest BCUT2D eigenvalue weighted by Gasteiger charge is 2.08. The Morgan fingerprint density at radius 2 is 2.10 bits per heavy atom. The highest BCUT2D eigenvalue weighted by molar-refractivity contribution is 9.10. The Balaban J connectivity index is 1.86. The molecule has 0 atom stereocenters. The number of halogens is 1. The highest BCUT2D eigenvalue weighted by Crippen LogP contribution is 2.25. The van der Waals surface area contributed by atoms with Gasteiger partial charge in [-0.1, -0.05) is 58.1 Å². The molecule has 1 heterocycles. The van der Waals surface area contributed by atoms with Gasteiger partial charge in [0.05, 0.1) is 6.54 Å². The number of aromatic nitrogens is 2. The summed E-state index contributed by atoms with van der Waals surface area (Å²) in [6, 6.07) is 7.32.